The predicted octanol–water partition coefficient (Wildman–Crippen LogP) is 4.95. The van der Waals surface area contributed by atoms with Crippen LogP contribution < -0.4 is 4.90 Å². The Hall–Kier alpha value is -3.56. The number of aromatic nitrogens is 4. The Bertz CT molecular complexity index is 1180. The molecule has 1 aliphatic heterocycles. The molecule has 1 unspecified atom stereocenters. The van der Waals surface area contributed by atoms with E-state index < -0.39 is 24.5 Å². The SMILES string of the molecule is Cc1cc(-c2cnc(C(C)Cc3nccc(N4C(=O)OC[C@@H]4[C@@H](C)C(F)F)n3)nc2)ccc1F. The summed E-state index contributed by atoms with van der Waals surface area (Å²) in [7, 11) is 0. The smallest absolute Gasteiger partial charge is 0.415 e. The summed E-state index contributed by atoms with van der Waals surface area (Å²) in [6.07, 6.45) is 1.92. The fourth-order valence-corrected chi connectivity index (χ4v) is 3.81. The molecule has 3 aromatic rings. The molecule has 0 bridgehead atoms. The van der Waals surface area contributed by atoms with Gasteiger partial charge in [0.2, 0.25) is 6.43 Å². The number of carbonyl (C=O) groups is 1. The molecule has 0 radical (unpaired) electrons. The number of rotatable bonds is 7. The van der Waals surface area contributed by atoms with Gasteiger partial charge < -0.3 is 4.74 Å². The second-order valence-electron chi connectivity index (χ2n) is 8.44. The van der Waals surface area contributed by atoms with Gasteiger partial charge in [-0.25, -0.2) is 37.9 Å². The van der Waals surface area contributed by atoms with E-state index in [1.54, 1.807) is 31.5 Å². The van der Waals surface area contributed by atoms with E-state index in [9.17, 15) is 18.0 Å². The average Bonchev–Trinajstić information content (AvgIpc) is 3.21. The number of hydrogen-bond donors (Lipinski definition) is 0. The van der Waals surface area contributed by atoms with Gasteiger partial charge in [-0.15, -0.1) is 0 Å². The molecule has 0 aliphatic carbocycles. The van der Waals surface area contributed by atoms with Gasteiger partial charge in [0, 0.05) is 42.4 Å². The zero-order chi connectivity index (χ0) is 24.4. The highest BCUT2D eigenvalue weighted by molar-refractivity contribution is 5.89. The second kappa shape index (κ2) is 9.74. The Morgan fingerprint density at radius 2 is 1.85 bits per heavy atom. The van der Waals surface area contributed by atoms with Crippen molar-refractivity contribution in [2.24, 2.45) is 5.92 Å². The van der Waals surface area contributed by atoms with Gasteiger partial charge in [0.15, 0.2) is 0 Å². The Morgan fingerprint density at radius 3 is 2.53 bits per heavy atom. The van der Waals surface area contributed by atoms with Crippen molar-refractivity contribution >= 4 is 11.9 Å². The molecule has 0 N–H and O–H groups in total. The molecule has 0 saturated carbocycles. The molecule has 2 aromatic heterocycles. The first-order valence-electron chi connectivity index (χ1n) is 10.9. The van der Waals surface area contributed by atoms with Gasteiger partial charge in [0.25, 0.3) is 0 Å². The van der Waals surface area contributed by atoms with Gasteiger partial charge in [0.05, 0.1) is 6.04 Å². The molecule has 3 atom stereocenters. The third-order valence-electron chi connectivity index (χ3n) is 5.94. The third kappa shape index (κ3) is 4.85. The Morgan fingerprint density at radius 1 is 1.12 bits per heavy atom. The van der Waals surface area contributed by atoms with E-state index in [0.29, 0.717) is 23.6 Å². The van der Waals surface area contributed by atoms with E-state index in [0.717, 1.165) is 11.1 Å². The van der Waals surface area contributed by atoms with Gasteiger partial charge in [-0.1, -0.05) is 19.9 Å². The van der Waals surface area contributed by atoms with Gasteiger partial charge in [0.1, 0.15) is 29.9 Å². The van der Waals surface area contributed by atoms with Gasteiger partial charge in [-0.3, -0.25) is 4.90 Å². The summed E-state index contributed by atoms with van der Waals surface area (Å²) in [5.74, 6) is -0.271. The van der Waals surface area contributed by atoms with Crippen LogP contribution in [0.4, 0.5) is 23.8 Å². The summed E-state index contributed by atoms with van der Waals surface area (Å²) in [5.41, 5.74) is 2.13. The second-order valence-corrected chi connectivity index (χ2v) is 8.44. The minimum Gasteiger partial charge on any atom is -0.447 e. The minimum absolute atomic E-state index is 0.117. The van der Waals surface area contributed by atoms with E-state index in [1.165, 1.54) is 30.2 Å². The third-order valence-corrected chi connectivity index (χ3v) is 5.94. The molecule has 1 aliphatic rings. The van der Waals surface area contributed by atoms with E-state index in [4.69, 9.17) is 4.74 Å². The normalized spacial score (nSPS) is 17.7. The van der Waals surface area contributed by atoms with Crippen LogP contribution in [0.1, 0.15) is 37.0 Å². The summed E-state index contributed by atoms with van der Waals surface area (Å²) in [6, 6.07) is 5.52. The van der Waals surface area contributed by atoms with Crippen LogP contribution in [0.5, 0.6) is 0 Å². The fourth-order valence-electron chi connectivity index (χ4n) is 3.81. The molecule has 1 aromatic carbocycles. The molecular formula is C24H24F3N5O2. The lowest BCUT2D eigenvalue weighted by Crippen LogP contribution is -2.41. The number of amides is 1. The van der Waals surface area contributed by atoms with Gasteiger partial charge in [-0.05, 0) is 36.2 Å². The number of hydrogen-bond acceptors (Lipinski definition) is 6. The number of alkyl halides is 2. The highest BCUT2D eigenvalue weighted by atomic mass is 19.3. The fraction of sp³-hybridized carbons (Fsp3) is 0.375. The molecule has 4 rings (SSSR count). The molecule has 178 valence electrons. The molecule has 7 nitrogen and oxygen atoms in total. The zero-order valence-corrected chi connectivity index (χ0v) is 19.0. The van der Waals surface area contributed by atoms with E-state index in [2.05, 4.69) is 19.9 Å². The molecular weight excluding hydrogens is 447 g/mol. The highest BCUT2D eigenvalue weighted by Gasteiger charge is 2.41. The number of benzene rings is 1. The monoisotopic (exact) mass is 471 g/mol. The van der Waals surface area contributed by atoms with Crippen LogP contribution in [0.3, 0.4) is 0 Å². The minimum atomic E-state index is -2.60. The van der Waals surface area contributed by atoms with Crippen LogP contribution >= 0.6 is 0 Å². The summed E-state index contributed by atoms with van der Waals surface area (Å²) in [4.78, 5) is 30.9. The first-order chi connectivity index (χ1) is 16.2. The topological polar surface area (TPSA) is 81.1 Å². The number of nitrogens with zero attached hydrogens (tertiary/aromatic N) is 5. The zero-order valence-electron chi connectivity index (χ0n) is 19.0. The van der Waals surface area contributed by atoms with E-state index >= 15 is 0 Å². The molecule has 1 amide bonds. The Labute approximate surface area is 195 Å². The van der Waals surface area contributed by atoms with Gasteiger partial charge in [-0.2, -0.15) is 0 Å². The van der Waals surface area contributed by atoms with Crippen LogP contribution in [0.15, 0.2) is 42.9 Å². The van der Waals surface area contributed by atoms with Crippen molar-refractivity contribution in [3.05, 3.63) is 65.9 Å². The van der Waals surface area contributed by atoms with Crippen molar-refractivity contribution in [2.75, 3.05) is 11.5 Å². The summed E-state index contributed by atoms with van der Waals surface area (Å²) in [6.45, 7) is 4.87. The summed E-state index contributed by atoms with van der Waals surface area (Å²) in [5, 5.41) is 0. The molecule has 10 heteroatoms. The summed E-state index contributed by atoms with van der Waals surface area (Å²) < 4.78 is 45.0. The lowest BCUT2D eigenvalue weighted by molar-refractivity contribution is 0.0685. The molecule has 34 heavy (non-hydrogen) atoms. The summed E-state index contributed by atoms with van der Waals surface area (Å²) >= 11 is 0. The standard InChI is InChI=1S/C24H24F3N5O2/c1-13-8-16(4-5-18(13)25)17-10-29-23(30-11-17)14(2)9-20-28-7-6-21(31-20)32-19(12-34-24(32)33)15(3)22(26)27/h4-8,10-11,14-15,19,22H,9,12H2,1-3H3/t14?,15-,19-/m1/s1. The quantitative estimate of drug-likeness (QED) is 0.485. The maximum atomic E-state index is 13.5. The average molecular weight is 471 g/mol. The Kier molecular flexibility index (Phi) is 6.76. The Balaban J connectivity index is 1.49. The molecule has 3 heterocycles. The van der Waals surface area contributed by atoms with Crippen LogP contribution in [-0.4, -0.2) is 45.1 Å². The molecule has 1 fully saturated rings. The molecule has 0 spiro atoms. The van der Waals surface area contributed by atoms with Crippen LogP contribution in [0, 0.1) is 18.7 Å². The van der Waals surface area contributed by atoms with Crippen molar-refractivity contribution < 1.29 is 22.7 Å². The maximum absolute atomic E-state index is 13.5. The van der Waals surface area contributed by atoms with Gasteiger partial charge >= 0.3 is 6.09 Å². The van der Waals surface area contributed by atoms with Crippen molar-refractivity contribution in [3.8, 4) is 11.1 Å². The predicted molar refractivity (Wildman–Crippen MR) is 119 cm³/mol. The number of cyclic esters (lactones) is 1. The van der Waals surface area contributed by atoms with Crippen LogP contribution in [0.2, 0.25) is 0 Å². The number of ether oxygens (including phenoxy) is 1. The molecule has 1 saturated heterocycles. The number of halogens is 3. The van der Waals surface area contributed by atoms with Crippen LogP contribution in [0.25, 0.3) is 11.1 Å². The van der Waals surface area contributed by atoms with Crippen molar-refractivity contribution in [2.45, 2.75) is 45.6 Å². The van der Waals surface area contributed by atoms with Crippen LogP contribution in [-0.2, 0) is 11.2 Å². The van der Waals surface area contributed by atoms with Crippen molar-refractivity contribution in [3.63, 3.8) is 0 Å². The largest absolute Gasteiger partial charge is 0.447 e. The van der Waals surface area contributed by atoms with Crippen molar-refractivity contribution in [1.29, 1.82) is 0 Å². The lowest BCUT2D eigenvalue weighted by atomic mass is 10.0. The lowest BCUT2D eigenvalue weighted by Gasteiger charge is -2.25. The number of aryl methyl sites for hydroxylation is 1. The first-order valence-corrected chi connectivity index (χ1v) is 10.9. The number of carbonyl (C=O) groups excluding carboxylic acids is 1. The van der Waals surface area contributed by atoms with E-state index in [-0.39, 0.29) is 24.2 Å². The highest BCUT2D eigenvalue weighted by Crippen LogP contribution is 2.29. The van der Waals surface area contributed by atoms with E-state index in [1.807, 2.05) is 6.92 Å². The van der Waals surface area contributed by atoms with Crippen molar-refractivity contribution in [1.82, 2.24) is 19.9 Å². The maximum Gasteiger partial charge on any atom is 0.415 e. The first kappa shape index (κ1) is 23.6. The number of anilines is 1.